The highest BCUT2D eigenvalue weighted by Gasteiger charge is 2.60. The minimum absolute atomic E-state index is 0.0383. The highest BCUT2D eigenvalue weighted by Crippen LogP contribution is 2.47. The molecular weight excluding hydrogens is 206 g/mol. The molecule has 1 amide bonds. The molecular formula is C12H19NO3. The van der Waals surface area contributed by atoms with Gasteiger partial charge >= 0.3 is 0 Å². The SMILES string of the molecule is C=C[C@@]12CCC(=O)N1[C@@H](C(C)(C)C)O[C@@H]2O. The first-order chi connectivity index (χ1) is 7.33. The van der Waals surface area contributed by atoms with E-state index in [1.165, 1.54) is 0 Å². The molecule has 0 aromatic rings. The molecule has 2 saturated heterocycles. The van der Waals surface area contributed by atoms with Gasteiger partial charge in [-0.3, -0.25) is 4.79 Å². The summed E-state index contributed by atoms with van der Waals surface area (Å²) < 4.78 is 5.55. The summed E-state index contributed by atoms with van der Waals surface area (Å²) >= 11 is 0. The summed E-state index contributed by atoms with van der Waals surface area (Å²) in [6.07, 6.45) is 1.35. The molecule has 16 heavy (non-hydrogen) atoms. The average Bonchev–Trinajstić information content (AvgIpc) is 2.65. The Morgan fingerprint density at radius 2 is 2.25 bits per heavy atom. The molecule has 0 unspecified atom stereocenters. The number of hydrogen-bond acceptors (Lipinski definition) is 3. The van der Waals surface area contributed by atoms with Crippen LogP contribution < -0.4 is 0 Å². The number of fused-ring (bicyclic) bond motifs is 1. The maximum absolute atomic E-state index is 11.9. The molecule has 90 valence electrons. The number of nitrogens with zero attached hydrogens (tertiary/aromatic N) is 1. The molecule has 0 aromatic heterocycles. The predicted octanol–water partition coefficient (Wildman–Crippen LogP) is 1.25. The van der Waals surface area contributed by atoms with E-state index in [0.29, 0.717) is 12.8 Å². The van der Waals surface area contributed by atoms with Gasteiger partial charge in [-0.15, -0.1) is 6.58 Å². The molecule has 0 aliphatic carbocycles. The number of aliphatic hydroxyl groups excluding tert-OH is 1. The zero-order valence-electron chi connectivity index (χ0n) is 10.1. The van der Waals surface area contributed by atoms with Crippen LogP contribution in [-0.4, -0.2) is 34.0 Å². The maximum atomic E-state index is 11.9. The van der Waals surface area contributed by atoms with E-state index in [2.05, 4.69) is 6.58 Å². The van der Waals surface area contributed by atoms with Gasteiger partial charge in [-0.05, 0) is 6.42 Å². The number of carbonyl (C=O) groups excluding carboxylic acids is 1. The van der Waals surface area contributed by atoms with Crippen molar-refractivity contribution < 1.29 is 14.6 Å². The van der Waals surface area contributed by atoms with Gasteiger partial charge in [0.25, 0.3) is 0 Å². The Hall–Kier alpha value is -0.870. The predicted molar refractivity (Wildman–Crippen MR) is 59.3 cm³/mol. The normalized spacial score (nSPS) is 39.0. The van der Waals surface area contributed by atoms with E-state index in [1.807, 2.05) is 20.8 Å². The van der Waals surface area contributed by atoms with E-state index in [1.54, 1.807) is 11.0 Å². The van der Waals surface area contributed by atoms with Crippen LogP contribution in [0, 0.1) is 5.41 Å². The van der Waals surface area contributed by atoms with Crippen LogP contribution >= 0.6 is 0 Å². The Morgan fingerprint density at radius 3 is 2.75 bits per heavy atom. The van der Waals surface area contributed by atoms with Crippen molar-refractivity contribution in [2.75, 3.05) is 0 Å². The Balaban J connectivity index is 2.42. The van der Waals surface area contributed by atoms with Crippen LogP contribution in [0.5, 0.6) is 0 Å². The van der Waals surface area contributed by atoms with Crippen LogP contribution in [0.3, 0.4) is 0 Å². The molecule has 2 rings (SSSR count). The average molecular weight is 225 g/mol. The highest BCUT2D eigenvalue weighted by molar-refractivity contribution is 5.81. The number of rotatable bonds is 1. The topological polar surface area (TPSA) is 49.8 Å². The van der Waals surface area contributed by atoms with Crippen molar-refractivity contribution in [2.24, 2.45) is 5.41 Å². The van der Waals surface area contributed by atoms with E-state index < -0.39 is 11.8 Å². The first-order valence-electron chi connectivity index (χ1n) is 5.62. The minimum atomic E-state index is -0.958. The smallest absolute Gasteiger partial charge is 0.225 e. The minimum Gasteiger partial charge on any atom is -0.366 e. The third kappa shape index (κ3) is 1.33. The Bertz CT molecular complexity index is 334. The summed E-state index contributed by atoms with van der Waals surface area (Å²) in [6.45, 7) is 9.73. The Labute approximate surface area is 95.9 Å². The quantitative estimate of drug-likeness (QED) is 0.683. The second kappa shape index (κ2) is 3.31. The van der Waals surface area contributed by atoms with Gasteiger partial charge in [-0.2, -0.15) is 0 Å². The van der Waals surface area contributed by atoms with E-state index >= 15 is 0 Å². The van der Waals surface area contributed by atoms with Crippen LogP contribution in [0.2, 0.25) is 0 Å². The summed E-state index contributed by atoms with van der Waals surface area (Å²) in [5.41, 5.74) is -0.930. The van der Waals surface area contributed by atoms with E-state index in [9.17, 15) is 9.90 Å². The van der Waals surface area contributed by atoms with Crippen LogP contribution in [-0.2, 0) is 9.53 Å². The zero-order chi connectivity index (χ0) is 12.1. The zero-order valence-corrected chi connectivity index (χ0v) is 10.1. The van der Waals surface area contributed by atoms with Gasteiger partial charge < -0.3 is 14.7 Å². The largest absolute Gasteiger partial charge is 0.366 e. The Morgan fingerprint density at radius 1 is 1.62 bits per heavy atom. The number of hydrogen-bond donors (Lipinski definition) is 1. The third-order valence-electron chi connectivity index (χ3n) is 3.47. The van der Waals surface area contributed by atoms with Gasteiger partial charge in [0.2, 0.25) is 5.91 Å². The van der Waals surface area contributed by atoms with Gasteiger partial charge in [0.05, 0.1) is 0 Å². The molecule has 0 radical (unpaired) electrons. The van der Waals surface area contributed by atoms with Crippen molar-refractivity contribution in [3.63, 3.8) is 0 Å². The van der Waals surface area contributed by atoms with E-state index in [-0.39, 0.29) is 17.6 Å². The molecule has 0 spiro atoms. The number of carbonyl (C=O) groups is 1. The fourth-order valence-electron chi connectivity index (χ4n) is 2.57. The van der Waals surface area contributed by atoms with Crippen molar-refractivity contribution in [3.05, 3.63) is 12.7 Å². The van der Waals surface area contributed by atoms with Crippen molar-refractivity contribution in [1.82, 2.24) is 4.90 Å². The molecule has 1 N–H and O–H groups in total. The molecule has 0 saturated carbocycles. The lowest BCUT2D eigenvalue weighted by molar-refractivity contribution is -0.153. The second-order valence-electron chi connectivity index (χ2n) is 5.67. The molecule has 2 heterocycles. The summed E-state index contributed by atoms with van der Waals surface area (Å²) in [5, 5.41) is 10.0. The lowest BCUT2D eigenvalue weighted by Crippen LogP contribution is -2.50. The molecule has 3 atom stereocenters. The maximum Gasteiger partial charge on any atom is 0.225 e. The van der Waals surface area contributed by atoms with Gasteiger partial charge in [0, 0.05) is 11.8 Å². The molecule has 4 nitrogen and oxygen atoms in total. The van der Waals surface area contributed by atoms with Crippen LogP contribution in [0.25, 0.3) is 0 Å². The first-order valence-corrected chi connectivity index (χ1v) is 5.62. The van der Waals surface area contributed by atoms with Gasteiger partial charge in [-0.25, -0.2) is 0 Å². The number of aliphatic hydroxyl groups is 1. The van der Waals surface area contributed by atoms with Crippen molar-refractivity contribution >= 4 is 5.91 Å². The molecule has 0 aromatic carbocycles. The summed E-state index contributed by atoms with van der Waals surface area (Å²) in [6, 6.07) is 0. The van der Waals surface area contributed by atoms with E-state index in [4.69, 9.17) is 4.74 Å². The summed E-state index contributed by atoms with van der Waals surface area (Å²) in [7, 11) is 0. The standard InChI is InChI=1S/C12H19NO3/c1-5-12-7-6-8(14)13(12)9(11(2,3)4)16-10(12)15/h5,9-10,15H,1,6-7H2,2-4H3/t9-,10+,12+/m1/s1. The van der Waals surface area contributed by atoms with E-state index in [0.717, 1.165) is 0 Å². The fraction of sp³-hybridized carbons (Fsp3) is 0.750. The van der Waals surface area contributed by atoms with Crippen LogP contribution in [0.1, 0.15) is 33.6 Å². The summed E-state index contributed by atoms with van der Waals surface area (Å²) in [4.78, 5) is 13.6. The Kier molecular flexibility index (Phi) is 2.40. The number of amides is 1. The molecule has 2 fully saturated rings. The summed E-state index contributed by atoms with van der Waals surface area (Å²) in [5.74, 6) is 0.0383. The highest BCUT2D eigenvalue weighted by atomic mass is 16.6. The van der Waals surface area contributed by atoms with Gasteiger partial charge in [0.15, 0.2) is 6.29 Å². The van der Waals surface area contributed by atoms with Crippen molar-refractivity contribution in [3.8, 4) is 0 Å². The lowest BCUT2D eigenvalue weighted by atomic mass is 9.91. The lowest BCUT2D eigenvalue weighted by Gasteiger charge is -2.36. The molecule has 4 heteroatoms. The molecule has 2 aliphatic heterocycles. The van der Waals surface area contributed by atoms with Crippen molar-refractivity contribution in [1.29, 1.82) is 0 Å². The first kappa shape index (κ1) is 11.6. The van der Waals surface area contributed by atoms with Crippen molar-refractivity contribution in [2.45, 2.75) is 51.7 Å². The molecule has 0 bridgehead atoms. The van der Waals surface area contributed by atoms with Gasteiger partial charge in [0.1, 0.15) is 11.8 Å². The number of ether oxygens (including phenoxy) is 1. The van der Waals surface area contributed by atoms with Gasteiger partial charge in [-0.1, -0.05) is 26.8 Å². The monoisotopic (exact) mass is 225 g/mol. The third-order valence-corrected chi connectivity index (χ3v) is 3.47. The fourth-order valence-corrected chi connectivity index (χ4v) is 2.57. The second-order valence-corrected chi connectivity index (χ2v) is 5.67. The molecule has 2 aliphatic rings. The van der Waals surface area contributed by atoms with Crippen LogP contribution in [0.4, 0.5) is 0 Å². The van der Waals surface area contributed by atoms with Crippen LogP contribution in [0.15, 0.2) is 12.7 Å².